The molecule has 0 aliphatic rings. The highest BCUT2D eigenvalue weighted by atomic mass is 16.3. The summed E-state index contributed by atoms with van der Waals surface area (Å²) in [5, 5.41) is 14.4. The summed E-state index contributed by atoms with van der Waals surface area (Å²) in [5.74, 6) is -0.316. The van der Waals surface area contributed by atoms with Crippen LogP contribution < -0.4 is 11.0 Å². The van der Waals surface area contributed by atoms with E-state index in [1.165, 1.54) is 10.6 Å². The summed E-state index contributed by atoms with van der Waals surface area (Å²) in [5.41, 5.74) is 4.50. The number of phenols is 1. The summed E-state index contributed by atoms with van der Waals surface area (Å²) in [6.07, 6.45) is 2.79. The van der Waals surface area contributed by atoms with Crippen molar-refractivity contribution in [3.05, 3.63) is 100 Å². The normalized spacial score (nSPS) is 11.2. The molecule has 0 aliphatic heterocycles. The summed E-state index contributed by atoms with van der Waals surface area (Å²) >= 11 is 0. The highest BCUT2D eigenvalue weighted by Crippen LogP contribution is 2.19. The maximum atomic E-state index is 12.2. The van der Waals surface area contributed by atoms with Gasteiger partial charge in [-0.2, -0.15) is 5.10 Å². The number of carbonyl (C=O) groups is 1. The number of aromatic hydroxyl groups is 1. The number of hydrogen-bond acceptors (Lipinski definition) is 4. The third-order valence-corrected chi connectivity index (χ3v) is 4.24. The van der Waals surface area contributed by atoms with Crippen LogP contribution in [0, 0.1) is 0 Å². The van der Waals surface area contributed by atoms with Gasteiger partial charge in [-0.15, -0.1) is 0 Å². The number of aromatic nitrogens is 1. The molecule has 0 spiro atoms. The predicted octanol–water partition coefficient (Wildman–Crippen LogP) is 2.71. The van der Waals surface area contributed by atoms with Gasteiger partial charge in [-0.25, -0.2) is 5.43 Å². The van der Waals surface area contributed by atoms with Gasteiger partial charge in [-0.3, -0.25) is 9.59 Å². The Hall–Kier alpha value is -3.67. The van der Waals surface area contributed by atoms with Crippen LogP contribution in [-0.2, 0) is 17.8 Å². The van der Waals surface area contributed by atoms with E-state index in [0.717, 1.165) is 5.56 Å². The minimum Gasteiger partial charge on any atom is -0.507 e. The van der Waals surface area contributed by atoms with Gasteiger partial charge in [0.15, 0.2) is 0 Å². The lowest BCUT2D eigenvalue weighted by Gasteiger charge is -2.10. The molecule has 0 aliphatic carbocycles. The molecular formula is C22H21N3O3. The highest BCUT2D eigenvalue weighted by Gasteiger charge is 2.11. The van der Waals surface area contributed by atoms with Gasteiger partial charge in [0.1, 0.15) is 12.3 Å². The summed E-state index contributed by atoms with van der Waals surface area (Å²) in [6.45, 7) is -0.129. The van der Waals surface area contributed by atoms with Crippen LogP contribution in [0.4, 0.5) is 0 Å². The van der Waals surface area contributed by atoms with Crippen molar-refractivity contribution in [1.82, 2.24) is 9.99 Å². The second-order valence-corrected chi connectivity index (χ2v) is 6.26. The number of para-hydroxylation sites is 1. The van der Waals surface area contributed by atoms with Gasteiger partial charge in [-0.05, 0) is 36.6 Å². The van der Waals surface area contributed by atoms with Crippen LogP contribution in [0.25, 0.3) is 0 Å². The largest absolute Gasteiger partial charge is 0.507 e. The van der Waals surface area contributed by atoms with Gasteiger partial charge in [0.2, 0.25) is 0 Å². The average Bonchev–Trinajstić information content (AvgIpc) is 2.71. The van der Waals surface area contributed by atoms with Crippen molar-refractivity contribution in [2.45, 2.75) is 19.4 Å². The minimum absolute atomic E-state index is 0.0999. The van der Waals surface area contributed by atoms with Crippen molar-refractivity contribution in [1.29, 1.82) is 0 Å². The van der Waals surface area contributed by atoms with Crippen molar-refractivity contribution in [2.24, 2.45) is 5.10 Å². The molecule has 6 nitrogen and oxygen atoms in total. The Labute approximate surface area is 162 Å². The molecule has 2 N–H and O–H groups in total. The molecule has 0 saturated heterocycles. The van der Waals surface area contributed by atoms with E-state index in [4.69, 9.17) is 0 Å². The number of phenolic OH excluding ortho intramolecular Hbond substituents is 1. The van der Waals surface area contributed by atoms with Gasteiger partial charge < -0.3 is 9.67 Å². The molecule has 0 unspecified atom stereocenters. The van der Waals surface area contributed by atoms with E-state index < -0.39 is 5.91 Å². The quantitative estimate of drug-likeness (QED) is 0.492. The lowest BCUT2D eigenvalue weighted by Crippen LogP contribution is -2.29. The number of hydrazone groups is 1. The highest BCUT2D eigenvalue weighted by molar-refractivity contribution is 6.03. The van der Waals surface area contributed by atoms with E-state index in [1.807, 2.05) is 30.3 Å². The zero-order chi connectivity index (χ0) is 19.8. The van der Waals surface area contributed by atoms with Crippen molar-refractivity contribution in [3.63, 3.8) is 0 Å². The molecule has 0 radical (unpaired) electrons. The smallest absolute Gasteiger partial charge is 0.260 e. The molecule has 1 aromatic heterocycles. The first-order chi connectivity index (χ1) is 13.6. The molecule has 2 aromatic carbocycles. The number of aryl methyl sites for hydroxylation is 1. The Balaban J connectivity index is 1.76. The maximum Gasteiger partial charge on any atom is 0.260 e. The fourth-order valence-electron chi connectivity index (χ4n) is 2.79. The Kier molecular flexibility index (Phi) is 6.36. The van der Waals surface area contributed by atoms with Crippen LogP contribution in [0.2, 0.25) is 0 Å². The topological polar surface area (TPSA) is 83.7 Å². The van der Waals surface area contributed by atoms with Crippen LogP contribution in [0.3, 0.4) is 0 Å². The fourth-order valence-corrected chi connectivity index (χ4v) is 2.79. The number of nitrogens with zero attached hydrogens (tertiary/aromatic N) is 2. The molecule has 3 aromatic rings. The van der Waals surface area contributed by atoms with Gasteiger partial charge in [0.25, 0.3) is 11.5 Å². The Morgan fingerprint density at radius 1 is 0.964 bits per heavy atom. The molecule has 1 amide bonds. The monoisotopic (exact) mass is 375 g/mol. The van der Waals surface area contributed by atoms with E-state index in [1.54, 1.807) is 42.6 Å². The average molecular weight is 375 g/mol. The second kappa shape index (κ2) is 9.32. The molecule has 0 saturated carbocycles. The van der Waals surface area contributed by atoms with E-state index in [-0.39, 0.29) is 17.9 Å². The summed E-state index contributed by atoms with van der Waals surface area (Å²) in [4.78, 5) is 24.0. The number of carbonyl (C=O) groups excluding carboxylic acids is 1. The van der Waals surface area contributed by atoms with E-state index >= 15 is 0 Å². The van der Waals surface area contributed by atoms with Crippen LogP contribution in [0.15, 0.2) is 88.9 Å². The summed E-state index contributed by atoms with van der Waals surface area (Å²) in [6, 6.07) is 21.5. The molecule has 0 bridgehead atoms. The molecule has 0 atom stereocenters. The molecule has 0 fully saturated rings. The van der Waals surface area contributed by atoms with Gasteiger partial charge in [0, 0.05) is 17.8 Å². The summed E-state index contributed by atoms with van der Waals surface area (Å²) < 4.78 is 1.30. The van der Waals surface area contributed by atoms with Crippen molar-refractivity contribution in [3.8, 4) is 5.75 Å². The predicted molar refractivity (Wildman–Crippen MR) is 108 cm³/mol. The molecule has 142 valence electrons. The zero-order valence-corrected chi connectivity index (χ0v) is 15.3. The SMILES string of the molecule is O=C(Cn1ccccc1=O)N/N=C(\CCc1ccccc1)c1ccccc1O. The van der Waals surface area contributed by atoms with Crippen LogP contribution in [-0.4, -0.2) is 21.3 Å². The van der Waals surface area contributed by atoms with E-state index in [0.29, 0.717) is 24.1 Å². The number of pyridine rings is 1. The number of nitrogens with one attached hydrogen (secondary N) is 1. The lowest BCUT2D eigenvalue weighted by atomic mass is 10.0. The first-order valence-corrected chi connectivity index (χ1v) is 8.96. The maximum absolute atomic E-state index is 12.2. The van der Waals surface area contributed by atoms with Crippen molar-refractivity contribution < 1.29 is 9.90 Å². The third kappa shape index (κ3) is 5.17. The number of amides is 1. The van der Waals surface area contributed by atoms with E-state index in [2.05, 4.69) is 10.5 Å². The van der Waals surface area contributed by atoms with Crippen LogP contribution in [0.5, 0.6) is 5.75 Å². The fraction of sp³-hybridized carbons (Fsp3) is 0.136. The summed E-state index contributed by atoms with van der Waals surface area (Å²) in [7, 11) is 0. The standard InChI is InChI=1S/C22H21N3O3/c26-20-11-5-4-10-18(20)19(14-13-17-8-2-1-3-9-17)23-24-21(27)16-25-15-7-6-12-22(25)28/h1-12,15,26H,13-14,16H2,(H,24,27)/b23-19+. The van der Waals surface area contributed by atoms with Gasteiger partial charge >= 0.3 is 0 Å². The lowest BCUT2D eigenvalue weighted by molar-refractivity contribution is -0.121. The first-order valence-electron chi connectivity index (χ1n) is 8.96. The molecule has 28 heavy (non-hydrogen) atoms. The molecule has 1 heterocycles. The number of benzene rings is 2. The zero-order valence-electron chi connectivity index (χ0n) is 15.3. The first kappa shape index (κ1) is 19.1. The molecule has 6 heteroatoms. The van der Waals surface area contributed by atoms with Crippen LogP contribution >= 0.6 is 0 Å². The molecule has 3 rings (SSSR count). The van der Waals surface area contributed by atoms with E-state index in [9.17, 15) is 14.7 Å². The Morgan fingerprint density at radius 3 is 2.43 bits per heavy atom. The Morgan fingerprint density at radius 2 is 1.68 bits per heavy atom. The van der Waals surface area contributed by atoms with Crippen molar-refractivity contribution >= 4 is 11.6 Å². The third-order valence-electron chi connectivity index (χ3n) is 4.24. The number of hydrogen-bond donors (Lipinski definition) is 2. The molecular weight excluding hydrogens is 354 g/mol. The van der Waals surface area contributed by atoms with Crippen molar-refractivity contribution in [2.75, 3.05) is 0 Å². The second-order valence-electron chi connectivity index (χ2n) is 6.26. The van der Waals surface area contributed by atoms with Crippen LogP contribution in [0.1, 0.15) is 17.5 Å². The number of rotatable bonds is 7. The van der Waals surface area contributed by atoms with Gasteiger partial charge in [0.05, 0.1) is 5.71 Å². The Bertz CT molecular complexity index is 1030. The van der Waals surface area contributed by atoms with Gasteiger partial charge in [-0.1, -0.05) is 48.5 Å². The minimum atomic E-state index is -0.416.